The van der Waals surface area contributed by atoms with Gasteiger partial charge in [-0.3, -0.25) is 0 Å². The van der Waals surface area contributed by atoms with Gasteiger partial charge in [-0.15, -0.1) is 0 Å². The smallest absolute Gasteiger partial charge is 0.387 e. The van der Waals surface area contributed by atoms with Crippen LogP contribution in [0.2, 0.25) is 0 Å². The second-order valence-electron chi connectivity index (χ2n) is 5.49. The van der Waals surface area contributed by atoms with Crippen molar-refractivity contribution in [3.8, 4) is 5.75 Å². The minimum Gasteiger partial charge on any atom is -0.434 e. The second-order valence-corrected chi connectivity index (χ2v) is 5.49. The summed E-state index contributed by atoms with van der Waals surface area (Å²) in [5, 5.41) is 3.38. The van der Waals surface area contributed by atoms with E-state index in [1.807, 2.05) is 19.1 Å². The highest BCUT2D eigenvalue weighted by molar-refractivity contribution is 5.35. The van der Waals surface area contributed by atoms with E-state index < -0.39 is 6.61 Å². The zero-order valence-electron chi connectivity index (χ0n) is 12.5. The van der Waals surface area contributed by atoms with Gasteiger partial charge in [0, 0.05) is 11.6 Å². The van der Waals surface area contributed by atoms with Crippen molar-refractivity contribution in [2.75, 3.05) is 26.2 Å². The molecule has 1 unspecified atom stereocenters. The Kier molecular flexibility index (Phi) is 6.39. The molecule has 1 atom stereocenters. The lowest BCUT2D eigenvalue weighted by atomic mass is 10.1. The fourth-order valence-electron chi connectivity index (χ4n) is 2.78. The van der Waals surface area contributed by atoms with Crippen molar-refractivity contribution in [2.45, 2.75) is 38.8 Å². The van der Waals surface area contributed by atoms with E-state index in [0.717, 1.165) is 25.1 Å². The molecular formula is C16H24F2N2O. The Labute approximate surface area is 125 Å². The largest absolute Gasteiger partial charge is 0.434 e. The minimum atomic E-state index is -2.78. The third-order valence-electron chi connectivity index (χ3n) is 3.90. The van der Waals surface area contributed by atoms with Gasteiger partial charge < -0.3 is 15.0 Å². The second kappa shape index (κ2) is 8.29. The molecule has 1 aromatic carbocycles. The number of likely N-dealkylation sites (tertiary alicyclic amines) is 1. The molecule has 2 rings (SSSR count). The Morgan fingerprint density at radius 2 is 1.95 bits per heavy atom. The van der Waals surface area contributed by atoms with Crippen molar-refractivity contribution < 1.29 is 13.5 Å². The first kappa shape index (κ1) is 16.2. The quantitative estimate of drug-likeness (QED) is 0.744. The van der Waals surface area contributed by atoms with Crippen LogP contribution in [-0.4, -0.2) is 37.7 Å². The van der Waals surface area contributed by atoms with Crippen LogP contribution in [0.25, 0.3) is 0 Å². The summed E-state index contributed by atoms with van der Waals surface area (Å²) in [5.41, 5.74) is 0.777. The summed E-state index contributed by atoms with van der Waals surface area (Å²) >= 11 is 0. The molecule has 21 heavy (non-hydrogen) atoms. The first-order chi connectivity index (χ1) is 10.2. The molecule has 0 radical (unpaired) electrons. The third kappa shape index (κ3) is 5.25. The highest BCUT2D eigenvalue weighted by Gasteiger charge is 2.14. The van der Waals surface area contributed by atoms with Crippen molar-refractivity contribution in [1.29, 1.82) is 0 Å². The fourth-order valence-corrected chi connectivity index (χ4v) is 2.78. The molecule has 3 nitrogen and oxygen atoms in total. The molecule has 1 aliphatic heterocycles. The van der Waals surface area contributed by atoms with Gasteiger partial charge in [-0.05, 0) is 58.4 Å². The van der Waals surface area contributed by atoms with Crippen molar-refractivity contribution >= 4 is 0 Å². The summed E-state index contributed by atoms with van der Waals surface area (Å²) < 4.78 is 29.4. The molecule has 0 saturated carbocycles. The van der Waals surface area contributed by atoms with E-state index in [2.05, 4.69) is 15.0 Å². The van der Waals surface area contributed by atoms with Crippen LogP contribution in [-0.2, 0) is 0 Å². The van der Waals surface area contributed by atoms with Gasteiger partial charge in [0.15, 0.2) is 0 Å². The summed E-state index contributed by atoms with van der Waals surface area (Å²) in [6.45, 7) is 3.59. The Hall–Kier alpha value is -1.20. The van der Waals surface area contributed by atoms with Crippen LogP contribution >= 0.6 is 0 Å². The number of hydrogen-bond donors (Lipinski definition) is 1. The number of para-hydroxylation sites is 1. The number of nitrogens with one attached hydrogen (secondary N) is 1. The summed E-state index contributed by atoms with van der Waals surface area (Å²) in [6, 6.07) is 6.97. The number of alkyl halides is 2. The Morgan fingerprint density at radius 1 is 1.24 bits per heavy atom. The average molecular weight is 298 g/mol. The average Bonchev–Trinajstić information content (AvgIpc) is 2.96. The van der Waals surface area contributed by atoms with Crippen LogP contribution in [0.15, 0.2) is 24.3 Å². The number of benzene rings is 1. The third-order valence-corrected chi connectivity index (χ3v) is 3.90. The van der Waals surface area contributed by atoms with Crippen LogP contribution in [0.5, 0.6) is 5.75 Å². The maximum absolute atomic E-state index is 12.4. The summed E-state index contributed by atoms with van der Waals surface area (Å²) in [6.07, 6.45) is 3.69. The van der Waals surface area contributed by atoms with E-state index in [0.29, 0.717) is 0 Å². The summed E-state index contributed by atoms with van der Waals surface area (Å²) in [7, 11) is 0. The lowest BCUT2D eigenvalue weighted by Gasteiger charge is -2.19. The number of halogens is 2. The molecule has 1 heterocycles. The molecule has 1 aliphatic rings. The van der Waals surface area contributed by atoms with Crippen LogP contribution in [0.3, 0.4) is 0 Å². The van der Waals surface area contributed by atoms with Crippen LogP contribution in [0, 0.1) is 0 Å². The zero-order valence-corrected chi connectivity index (χ0v) is 12.5. The molecule has 1 saturated heterocycles. The van der Waals surface area contributed by atoms with Crippen LogP contribution in [0.4, 0.5) is 8.78 Å². The monoisotopic (exact) mass is 298 g/mol. The summed E-state index contributed by atoms with van der Waals surface area (Å²) in [4.78, 5) is 2.47. The molecule has 118 valence electrons. The molecule has 0 spiro atoms. The van der Waals surface area contributed by atoms with Crippen molar-refractivity contribution in [2.24, 2.45) is 0 Å². The molecule has 0 amide bonds. The van der Waals surface area contributed by atoms with Crippen molar-refractivity contribution in [3.63, 3.8) is 0 Å². The molecule has 5 heteroatoms. The number of rotatable bonds is 8. The first-order valence-electron chi connectivity index (χ1n) is 7.66. The van der Waals surface area contributed by atoms with Gasteiger partial charge in [-0.1, -0.05) is 18.2 Å². The van der Waals surface area contributed by atoms with E-state index in [1.54, 1.807) is 12.1 Å². The maximum Gasteiger partial charge on any atom is 0.387 e. The maximum atomic E-state index is 12.4. The van der Waals surface area contributed by atoms with Gasteiger partial charge >= 0.3 is 6.61 Å². The molecular weight excluding hydrogens is 274 g/mol. The number of nitrogens with zero attached hydrogens (tertiary/aromatic N) is 1. The SMILES string of the molecule is CC(NCCCN1CCCC1)c1ccccc1OC(F)F. The Balaban J connectivity index is 1.78. The van der Waals surface area contributed by atoms with Gasteiger partial charge in [-0.25, -0.2) is 0 Å². The first-order valence-corrected chi connectivity index (χ1v) is 7.66. The van der Waals surface area contributed by atoms with Crippen LogP contribution in [0.1, 0.15) is 37.8 Å². The molecule has 1 fully saturated rings. The van der Waals surface area contributed by atoms with Gasteiger partial charge in [0.05, 0.1) is 0 Å². The molecule has 1 N–H and O–H groups in total. The van der Waals surface area contributed by atoms with Crippen molar-refractivity contribution in [3.05, 3.63) is 29.8 Å². The predicted molar refractivity (Wildman–Crippen MR) is 79.8 cm³/mol. The lowest BCUT2D eigenvalue weighted by Crippen LogP contribution is -2.26. The highest BCUT2D eigenvalue weighted by Crippen LogP contribution is 2.26. The standard InChI is InChI=1S/C16H24F2N2O/c1-13(19-9-6-12-20-10-4-5-11-20)14-7-2-3-8-15(14)21-16(17)18/h2-3,7-8,13,16,19H,4-6,9-12H2,1H3. The van der Waals surface area contributed by atoms with Gasteiger partial charge in [-0.2, -0.15) is 8.78 Å². The fraction of sp³-hybridized carbons (Fsp3) is 0.625. The van der Waals surface area contributed by atoms with E-state index in [-0.39, 0.29) is 11.8 Å². The number of hydrogen-bond acceptors (Lipinski definition) is 3. The zero-order chi connectivity index (χ0) is 15.1. The molecule has 1 aromatic rings. The van der Waals surface area contributed by atoms with E-state index >= 15 is 0 Å². The number of ether oxygens (including phenoxy) is 1. The van der Waals surface area contributed by atoms with E-state index in [9.17, 15) is 8.78 Å². The molecule has 0 bridgehead atoms. The van der Waals surface area contributed by atoms with E-state index in [1.165, 1.54) is 25.9 Å². The summed E-state index contributed by atoms with van der Waals surface area (Å²) in [5.74, 6) is 0.257. The normalized spacial score (nSPS) is 17.3. The Morgan fingerprint density at radius 3 is 2.67 bits per heavy atom. The predicted octanol–water partition coefficient (Wildman–Crippen LogP) is 3.42. The van der Waals surface area contributed by atoms with E-state index in [4.69, 9.17) is 0 Å². The highest BCUT2D eigenvalue weighted by atomic mass is 19.3. The minimum absolute atomic E-state index is 0.00136. The lowest BCUT2D eigenvalue weighted by molar-refractivity contribution is -0.0506. The Bertz CT molecular complexity index is 422. The van der Waals surface area contributed by atoms with Gasteiger partial charge in [0.2, 0.25) is 0 Å². The topological polar surface area (TPSA) is 24.5 Å². The molecule has 0 aliphatic carbocycles. The molecule has 0 aromatic heterocycles. The van der Waals surface area contributed by atoms with Crippen molar-refractivity contribution in [1.82, 2.24) is 10.2 Å². The van der Waals surface area contributed by atoms with Crippen LogP contribution < -0.4 is 10.1 Å². The van der Waals surface area contributed by atoms with Gasteiger partial charge in [0.1, 0.15) is 5.75 Å². The van der Waals surface area contributed by atoms with Gasteiger partial charge in [0.25, 0.3) is 0 Å².